The Bertz CT molecular complexity index is 638. The highest BCUT2D eigenvalue weighted by Gasteiger charge is 2.53. The Morgan fingerprint density at radius 2 is 2.00 bits per heavy atom. The molecule has 3 N–H and O–H groups in total. The molecule has 10 heteroatoms. The molecule has 1 aromatic rings. The maximum atomic E-state index is 12.4. The first-order chi connectivity index (χ1) is 10.1. The fraction of sp³-hybridized carbons (Fsp3) is 0.583. The zero-order valence-corrected chi connectivity index (χ0v) is 13.4. The van der Waals surface area contributed by atoms with Crippen molar-refractivity contribution >= 4 is 29.8 Å². The maximum absolute atomic E-state index is 12.4. The number of aromatic nitrogens is 2. The molecule has 1 saturated heterocycles. The minimum Gasteiger partial charge on any atom is -0.465 e. The second-order valence-electron chi connectivity index (χ2n) is 6.05. The highest BCUT2D eigenvalue weighted by Crippen LogP contribution is 2.30. The molecule has 0 aliphatic carbocycles. The van der Waals surface area contributed by atoms with Crippen molar-refractivity contribution in [1.82, 2.24) is 24.3 Å². The van der Waals surface area contributed by atoms with Crippen LogP contribution in [-0.4, -0.2) is 48.9 Å². The van der Waals surface area contributed by atoms with Gasteiger partial charge in [-0.1, -0.05) is 0 Å². The predicted octanol–water partition coefficient (Wildman–Crippen LogP) is 0.660. The van der Waals surface area contributed by atoms with Gasteiger partial charge in [0.2, 0.25) is 0 Å². The first-order valence-electron chi connectivity index (χ1n) is 6.52. The van der Waals surface area contributed by atoms with Crippen LogP contribution in [0.1, 0.15) is 32.2 Å². The van der Waals surface area contributed by atoms with Crippen LogP contribution >= 0.6 is 11.7 Å². The summed E-state index contributed by atoms with van der Waals surface area (Å²) in [5, 5.41) is 14.1. The van der Waals surface area contributed by atoms with Crippen LogP contribution in [0.5, 0.6) is 0 Å². The molecule has 2 heterocycles. The number of aryl methyl sites for hydroxylation is 1. The lowest BCUT2D eigenvalue weighted by atomic mass is 9.91. The van der Waals surface area contributed by atoms with Gasteiger partial charge >= 0.3 is 12.1 Å². The number of hydrogen-bond donors (Lipinski definition) is 3. The number of rotatable bonds is 3. The SMILES string of the molecule is Cc1nsnc1[C@@]1(CN(C(=O)O)C(C)(C)C)NC(=O)NC1=O. The van der Waals surface area contributed by atoms with E-state index in [1.807, 2.05) is 0 Å². The Labute approximate surface area is 131 Å². The minimum atomic E-state index is -1.57. The van der Waals surface area contributed by atoms with Gasteiger partial charge in [-0.2, -0.15) is 8.75 Å². The number of nitrogens with one attached hydrogen (secondary N) is 2. The van der Waals surface area contributed by atoms with Gasteiger partial charge in [-0.05, 0) is 27.7 Å². The summed E-state index contributed by atoms with van der Waals surface area (Å²) in [4.78, 5) is 36.6. The summed E-state index contributed by atoms with van der Waals surface area (Å²) in [7, 11) is 0. The topological polar surface area (TPSA) is 125 Å². The van der Waals surface area contributed by atoms with E-state index < -0.39 is 29.1 Å². The van der Waals surface area contributed by atoms with Crippen LogP contribution in [0.2, 0.25) is 0 Å². The van der Waals surface area contributed by atoms with Gasteiger partial charge < -0.3 is 15.3 Å². The lowest BCUT2D eigenvalue weighted by Crippen LogP contribution is -2.58. The molecular weight excluding hydrogens is 310 g/mol. The van der Waals surface area contributed by atoms with Crippen molar-refractivity contribution in [2.45, 2.75) is 38.8 Å². The third-order valence-electron chi connectivity index (χ3n) is 3.43. The molecule has 1 fully saturated rings. The van der Waals surface area contributed by atoms with Crippen LogP contribution in [0.25, 0.3) is 0 Å². The Balaban J connectivity index is 2.52. The number of carboxylic acid groups (broad SMARTS) is 1. The number of amides is 4. The van der Waals surface area contributed by atoms with Crippen LogP contribution in [-0.2, 0) is 10.3 Å². The van der Waals surface area contributed by atoms with Gasteiger partial charge in [0.1, 0.15) is 5.69 Å². The fourth-order valence-corrected chi connectivity index (χ4v) is 2.91. The van der Waals surface area contributed by atoms with Crippen molar-refractivity contribution in [2.24, 2.45) is 0 Å². The molecule has 0 radical (unpaired) electrons. The first kappa shape index (κ1) is 16.1. The van der Waals surface area contributed by atoms with Crippen LogP contribution in [0.3, 0.4) is 0 Å². The van der Waals surface area contributed by atoms with Crippen molar-refractivity contribution in [3.63, 3.8) is 0 Å². The molecule has 0 spiro atoms. The number of carbonyl (C=O) groups excluding carboxylic acids is 2. The summed E-state index contributed by atoms with van der Waals surface area (Å²) < 4.78 is 8.10. The lowest BCUT2D eigenvalue weighted by molar-refractivity contribution is -0.125. The van der Waals surface area contributed by atoms with Gasteiger partial charge in [0.05, 0.1) is 24.0 Å². The molecule has 0 unspecified atom stereocenters. The molecular formula is C12H17N5O4S. The number of carbonyl (C=O) groups is 3. The van der Waals surface area contributed by atoms with Gasteiger partial charge in [-0.3, -0.25) is 10.1 Å². The van der Waals surface area contributed by atoms with Gasteiger partial charge in [-0.25, -0.2) is 9.59 Å². The number of imide groups is 1. The Morgan fingerprint density at radius 3 is 2.36 bits per heavy atom. The average molecular weight is 327 g/mol. The van der Waals surface area contributed by atoms with E-state index in [-0.39, 0.29) is 12.2 Å². The molecule has 0 aromatic carbocycles. The van der Waals surface area contributed by atoms with E-state index in [1.165, 1.54) is 0 Å². The van der Waals surface area contributed by atoms with Crippen molar-refractivity contribution < 1.29 is 19.5 Å². The molecule has 0 bridgehead atoms. The lowest BCUT2D eigenvalue weighted by Gasteiger charge is -2.38. The second-order valence-corrected chi connectivity index (χ2v) is 6.58. The van der Waals surface area contributed by atoms with E-state index in [1.54, 1.807) is 27.7 Å². The third-order valence-corrected chi connectivity index (χ3v) is 4.05. The standard InChI is InChI=1S/C12H17N5O4S/c1-6-7(16-22-15-6)12(8(18)13-9(19)14-12)5-17(10(20)21)11(2,3)4/h5H2,1-4H3,(H,20,21)(H2,13,14,18,19)/t12-/m1/s1. The quantitative estimate of drug-likeness (QED) is 0.700. The van der Waals surface area contributed by atoms with Gasteiger partial charge in [0, 0.05) is 5.54 Å². The van der Waals surface area contributed by atoms with Crippen molar-refractivity contribution in [2.75, 3.05) is 6.54 Å². The molecule has 4 amide bonds. The molecule has 120 valence electrons. The zero-order chi connectivity index (χ0) is 16.7. The van der Waals surface area contributed by atoms with E-state index in [0.29, 0.717) is 5.69 Å². The normalized spacial score (nSPS) is 21.5. The summed E-state index contributed by atoms with van der Waals surface area (Å²) in [5.41, 5.74) is -1.60. The van der Waals surface area contributed by atoms with Crippen LogP contribution in [0, 0.1) is 6.92 Å². The molecule has 2 rings (SSSR count). The van der Waals surface area contributed by atoms with E-state index in [2.05, 4.69) is 19.4 Å². The van der Waals surface area contributed by atoms with E-state index in [9.17, 15) is 19.5 Å². The van der Waals surface area contributed by atoms with Gasteiger partial charge in [0.15, 0.2) is 5.54 Å². The maximum Gasteiger partial charge on any atom is 0.407 e. The molecule has 1 aliphatic rings. The molecule has 22 heavy (non-hydrogen) atoms. The summed E-state index contributed by atoms with van der Waals surface area (Å²) >= 11 is 0.901. The highest BCUT2D eigenvalue weighted by molar-refractivity contribution is 6.99. The Kier molecular flexibility index (Phi) is 3.81. The van der Waals surface area contributed by atoms with Crippen molar-refractivity contribution in [1.29, 1.82) is 0 Å². The van der Waals surface area contributed by atoms with Gasteiger partial charge in [-0.15, -0.1) is 0 Å². The monoisotopic (exact) mass is 327 g/mol. The molecule has 1 atom stereocenters. The smallest absolute Gasteiger partial charge is 0.407 e. The number of hydrogen-bond acceptors (Lipinski definition) is 6. The largest absolute Gasteiger partial charge is 0.465 e. The highest BCUT2D eigenvalue weighted by atomic mass is 32.1. The van der Waals surface area contributed by atoms with Crippen LogP contribution in [0.15, 0.2) is 0 Å². The van der Waals surface area contributed by atoms with Crippen LogP contribution < -0.4 is 10.6 Å². The van der Waals surface area contributed by atoms with Gasteiger partial charge in [0.25, 0.3) is 5.91 Å². The summed E-state index contributed by atoms with van der Waals surface area (Å²) in [5.74, 6) is -0.635. The minimum absolute atomic E-state index is 0.254. The summed E-state index contributed by atoms with van der Waals surface area (Å²) in [6, 6.07) is -0.684. The van der Waals surface area contributed by atoms with E-state index in [4.69, 9.17) is 0 Å². The number of urea groups is 1. The second kappa shape index (κ2) is 5.20. The fourth-order valence-electron chi connectivity index (χ4n) is 2.29. The Hall–Kier alpha value is -2.23. The van der Waals surface area contributed by atoms with E-state index in [0.717, 1.165) is 16.6 Å². The first-order valence-corrected chi connectivity index (χ1v) is 7.25. The third kappa shape index (κ3) is 2.61. The average Bonchev–Trinajstić information content (AvgIpc) is 2.89. The summed E-state index contributed by atoms with van der Waals surface area (Å²) in [6.07, 6.45) is -1.19. The van der Waals surface area contributed by atoms with E-state index >= 15 is 0 Å². The van der Waals surface area contributed by atoms with Crippen molar-refractivity contribution in [3.05, 3.63) is 11.4 Å². The Morgan fingerprint density at radius 1 is 1.36 bits per heavy atom. The number of nitrogens with zero attached hydrogens (tertiary/aromatic N) is 3. The molecule has 1 aliphatic heterocycles. The molecule has 0 saturated carbocycles. The van der Waals surface area contributed by atoms with Crippen LogP contribution in [0.4, 0.5) is 9.59 Å². The molecule has 9 nitrogen and oxygen atoms in total. The van der Waals surface area contributed by atoms with Crippen molar-refractivity contribution in [3.8, 4) is 0 Å². The summed E-state index contributed by atoms with van der Waals surface area (Å²) in [6.45, 7) is 6.51. The molecule has 1 aromatic heterocycles. The zero-order valence-electron chi connectivity index (χ0n) is 12.6. The predicted molar refractivity (Wildman–Crippen MR) is 77.5 cm³/mol.